The number of aromatic nitrogens is 1. The van der Waals surface area contributed by atoms with E-state index in [4.69, 9.17) is 4.74 Å². The summed E-state index contributed by atoms with van der Waals surface area (Å²) in [6, 6.07) is 5.67. The molecule has 0 atom stereocenters. The lowest BCUT2D eigenvalue weighted by molar-refractivity contribution is -0.120. The molecule has 2 heterocycles. The second-order valence-corrected chi connectivity index (χ2v) is 10.6. The van der Waals surface area contributed by atoms with E-state index >= 15 is 0 Å². The molecule has 4 amide bonds. The van der Waals surface area contributed by atoms with Crippen LogP contribution in [0, 0.1) is 0 Å². The maximum absolute atomic E-state index is 13.3. The minimum Gasteiger partial charge on any atom is -0.496 e. The maximum atomic E-state index is 13.3. The molecule has 0 saturated carbocycles. The molecule has 1 aliphatic rings. The fraction of sp³-hybridized carbons (Fsp3) is 0.364. The van der Waals surface area contributed by atoms with Gasteiger partial charge in [-0.15, -0.1) is 0 Å². The largest absolute Gasteiger partial charge is 0.496 e. The number of carbonyl (C=O) groups is 3. The molecule has 0 spiro atoms. The van der Waals surface area contributed by atoms with Crippen LogP contribution in [-0.4, -0.2) is 51.2 Å². The first-order chi connectivity index (χ1) is 15.8. The number of ether oxygens (including phenoxy) is 1. The van der Waals surface area contributed by atoms with Crippen molar-refractivity contribution >= 4 is 45.1 Å². The second kappa shape index (κ2) is 9.29. The molecule has 182 valence electrons. The van der Waals surface area contributed by atoms with E-state index < -0.39 is 27.4 Å². The van der Waals surface area contributed by atoms with Gasteiger partial charge in [0.05, 0.1) is 30.8 Å². The molecule has 3 N–H and O–H groups in total. The van der Waals surface area contributed by atoms with Crippen LogP contribution < -0.4 is 25.0 Å². The van der Waals surface area contributed by atoms with Crippen molar-refractivity contribution in [3.63, 3.8) is 0 Å². The van der Waals surface area contributed by atoms with Gasteiger partial charge in [-0.25, -0.2) is 18.2 Å². The number of sulfonamides is 1. The van der Waals surface area contributed by atoms with E-state index in [-0.39, 0.29) is 30.3 Å². The third kappa shape index (κ3) is 5.81. The zero-order chi connectivity index (χ0) is 25.3. The number of methoxy groups -OCH3 is 1. The van der Waals surface area contributed by atoms with E-state index in [1.807, 2.05) is 20.8 Å². The van der Waals surface area contributed by atoms with Crippen LogP contribution in [0.1, 0.15) is 43.1 Å². The normalized spacial score (nSPS) is 14.4. The summed E-state index contributed by atoms with van der Waals surface area (Å²) in [5, 5.41) is 5.00. The SMILES string of the molecule is COc1c(C(=O)Nc2ccc(NS(C)(=O)=O)nc2)cc(N2CCC(=O)NC2=O)cc1C(C)(C)C. The summed E-state index contributed by atoms with van der Waals surface area (Å²) >= 11 is 0. The smallest absolute Gasteiger partial charge is 0.328 e. The van der Waals surface area contributed by atoms with Gasteiger partial charge in [-0.05, 0) is 29.7 Å². The molecule has 1 aliphatic heterocycles. The summed E-state index contributed by atoms with van der Waals surface area (Å²) < 4.78 is 30.5. The van der Waals surface area contributed by atoms with E-state index in [1.54, 1.807) is 6.07 Å². The van der Waals surface area contributed by atoms with Crippen molar-refractivity contribution in [1.82, 2.24) is 10.3 Å². The summed E-state index contributed by atoms with van der Waals surface area (Å²) in [6.45, 7) is 6.04. The number of hydrogen-bond acceptors (Lipinski definition) is 7. The number of amides is 4. The Bertz CT molecular complexity index is 1240. The average molecular weight is 490 g/mol. The number of nitrogens with zero attached hydrogens (tertiary/aromatic N) is 2. The molecule has 1 aromatic heterocycles. The molecule has 0 aliphatic carbocycles. The van der Waals surface area contributed by atoms with Crippen LogP contribution in [0.5, 0.6) is 5.75 Å². The molecule has 34 heavy (non-hydrogen) atoms. The van der Waals surface area contributed by atoms with Crippen molar-refractivity contribution in [2.45, 2.75) is 32.6 Å². The van der Waals surface area contributed by atoms with Gasteiger partial charge in [-0.1, -0.05) is 20.8 Å². The maximum Gasteiger partial charge on any atom is 0.328 e. The number of anilines is 3. The van der Waals surface area contributed by atoms with E-state index in [2.05, 4.69) is 20.3 Å². The molecule has 1 saturated heterocycles. The van der Waals surface area contributed by atoms with Gasteiger partial charge in [0.1, 0.15) is 11.6 Å². The first kappa shape index (κ1) is 25.0. The van der Waals surface area contributed by atoms with Crippen LogP contribution in [0.3, 0.4) is 0 Å². The fourth-order valence-corrected chi connectivity index (χ4v) is 3.94. The monoisotopic (exact) mass is 489 g/mol. The van der Waals surface area contributed by atoms with Crippen LogP contribution in [0.15, 0.2) is 30.5 Å². The third-order valence-corrected chi connectivity index (χ3v) is 5.59. The standard InChI is InChI=1S/C22H27N5O6S/c1-22(2,3)16-11-14(27-9-8-18(28)25-21(27)30)10-15(19(16)33-4)20(29)24-13-6-7-17(23-12-13)26-34(5,31)32/h6-7,10-12H,8-9H2,1-5H3,(H,23,26)(H,24,29)(H,25,28,30). The number of imide groups is 1. The number of carbonyl (C=O) groups excluding carboxylic acids is 3. The van der Waals surface area contributed by atoms with E-state index in [0.29, 0.717) is 22.7 Å². The molecule has 12 heteroatoms. The van der Waals surface area contributed by atoms with E-state index in [0.717, 1.165) is 6.26 Å². The van der Waals surface area contributed by atoms with Gasteiger partial charge >= 0.3 is 6.03 Å². The lowest BCUT2D eigenvalue weighted by Crippen LogP contribution is -2.49. The number of pyridine rings is 1. The molecule has 0 bridgehead atoms. The molecule has 2 aromatic rings. The summed E-state index contributed by atoms with van der Waals surface area (Å²) in [6.07, 6.45) is 2.47. The summed E-state index contributed by atoms with van der Waals surface area (Å²) in [5.41, 5.74) is 1.24. The average Bonchev–Trinajstić information content (AvgIpc) is 2.72. The number of benzene rings is 1. The van der Waals surface area contributed by atoms with Crippen molar-refractivity contribution in [1.29, 1.82) is 0 Å². The Morgan fingerprint density at radius 3 is 2.44 bits per heavy atom. The molecular weight excluding hydrogens is 462 g/mol. The lowest BCUT2D eigenvalue weighted by Gasteiger charge is -2.30. The third-order valence-electron chi connectivity index (χ3n) is 5.01. The molecule has 1 fully saturated rings. The van der Waals surface area contributed by atoms with Crippen molar-refractivity contribution in [2.75, 3.05) is 34.8 Å². The van der Waals surface area contributed by atoms with Crippen LogP contribution >= 0.6 is 0 Å². The van der Waals surface area contributed by atoms with E-state index in [1.165, 1.54) is 36.4 Å². The second-order valence-electron chi connectivity index (χ2n) is 8.84. The van der Waals surface area contributed by atoms with Crippen molar-refractivity contribution in [2.24, 2.45) is 0 Å². The summed E-state index contributed by atoms with van der Waals surface area (Å²) in [4.78, 5) is 42.6. The Hall–Kier alpha value is -3.67. The quantitative estimate of drug-likeness (QED) is 0.565. The van der Waals surface area contributed by atoms with Gasteiger partial charge in [0.2, 0.25) is 15.9 Å². The zero-order valence-electron chi connectivity index (χ0n) is 19.6. The van der Waals surface area contributed by atoms with Gasteiger partial charge in [0.25, 0.3) is 5.91 Å². The fourth-order valence-electron chi connectivity index (χ4n) is 3.44. The minimum absolute atomic E-state index is 0.112. The number of urea groups is 1. The Balaban J connectivity index is 1.99. The van der Waals surface area contributed by atoms with Gasteiger partial charge < -0.3 is 10.1 Å². The summed E-state index contributed by atoms with van der Waals surface area (Å²) in [5.74, 6) is -0.403. The topological polar surface area (TPSA) is 147 Å². The molecule has 0 unspecified atom stereocenters. The zero-order valence-corrected chi connectivity index (χ0v) is 20.4. The number of hydrogen-bond donors (Lipinski definition) is 3. The Morgan fingerprint density at radius 1 is 1.21 bits per heavy atom. The first-order valence-corrected chi connectivity index (χ1v) is 12.3. The first-order valence-electron chi connectivity index (χ1n) is 10.4. The molecule has 3 rings (SSSR count). The highest BCUT2D eigenvalue weighted by atomic mass is 32.2. The van der Waals surface area contributed by atoms with Crippen LogP contribution in [0.4, 0.5) is 22.0 Å². The van der Waals surface area contributed by atoms with Gasteiger partial charge in [0.15, 0.2) is 0 Å². The Labute approximate surface area is 197 Å². The molecule has 11 nitrogen and oxygen atoms in total. The van der Waals surface area contributed by atoms with Crippen LogP contribution in [0.25, 0.3) is 0 Å². The molecule has 0 radical (unpaired) electrons. The highest BCUT2D eigenvalue weighted by Crippen LogP contribution is 2.38. The van der Waals surface area contributed by atoms with Crippen molar-refractivity contribution in [3.05, 3.63) is 41.6 Å². The lowest BCUT2D eigenvalue weighted by atomic mass is 9.84. The van der Waals surface area contributed by atoms with Crippen LogP contribution in [-0.2, 0) is 20.2 Å². The van der Waals surface area contributed by atoms with Crippen LogP contribution in [0.2, 0.25) is 0 Å². The van der Waals surface area contributed by atoms with Gasteiger partial charge in [-0.2, -0.15) is 0 Å². The van der Waals surface area contributed by atoms with Gasteiger partial charge in [0, 0.05) is 24.2 Å². The highest BCUT2D eigenvalue weighted by Gasteiger charge is 2.30. The van der Waals surface area contributed by atoms with Gasteiger partial charge in [-0.3, -0.25) is 24.5 Å². The van der Waals surface area contributed by atoms with Crippen molar-refractivity contribution in [3.8, 4) is 5.75 Å². The highest BCUT2D eigenvalue weighted by molar-refractivity contribution is 7.92. The summed E-state index contributed by atoms with van der Waals surface area (Å²) in [7, 11) is -2.02. The molecular formula is C22H27N5O6S. The Morgan fingerprint density at radius 2 is 1.91 bits per heavy atom. The predicted octanol–water partition coefficient (Wildman–Crippen LogP) is 2.46. The minimum atomic E-state index is -3.48. The van der Waals surface area contributed by atoms with E-state index in [9.17, 15) is 22.8 Å². The predicted molar refractivity (Wildman–Crippen MR) is 128 cm³/mol. The Kier molecular flexibility index (Phi) is 6.82. The number of rotatable bonds is 6. The van der Waals surface area contributed by atoms with Crippen molar-refractivity contribution < 1.29 is 27.5 Å². The molecule has 1 aromatic carbocycles. The number of nitrogens with one attached hydrogen (secondary N) is 3.